The zero-order valence-electron chi connectivity index (χ0n) is 11.9. The Labute approximate surface area is 130 Å². The van der Waals surface area contributed by atoms with Crippen molar-refractivity contribution in [3.05, 3.63) is 52.5 Å². The molecule has 0 saturated carbocycles. The Morgan fingerprint density at radius 1 is 1.55 bits per heavy atom. The fourth-order valence-electron chi connectivity index (χ4n) is 2.01. The van der Waals surface area contributed by atoms with Crippen LogP contribution in [0.3, 0.4) is 0 Å². The molecule has 6 nitrogen and oxygen atoms in total. The average Bonchev–Trinajstić information content (AvgIpc) is 3.26. The van der Waals surface area contributed by atoms with E-state index in [9.17, 15) is 9.90 Å². The summed E-state index contributed by atoms with van der Waals surface area (Å²) in [6.45, 7) is 1.76. The zero-order valence-corrected chi connectivity index (χ0v) is 12.7. The molecule has 0 bridgehead atoms. The Morgan fingerprint density at radius 3 is 3.09 bits per heavy atom. The van der Waals surface area contributed by atoms with Crippen LogP contribution in [0.25, 0.3) is 11.5 Å². The number of hydrogen-bond acceptors (Lipinski definition) is 5. The number of amides is 1. The molecule has 3 aromatic rings. The minimum absolute atomic E-state index is 0.103. The summed E-state index contributed by atoms with van der Waals surface area (Å²) in [5.41, 5.74) is 0.527. The minimum Gasteiger partial charge on any atom is -0.463 e. The molecule has 3 rings (SSSR count). The highest BCUT2D eigenvalue weighted by molar-refractivity contribution is 7.08. The van der Waals surface area contributed by atoms with Gasteiger partial charge in [0.15, 0.2) is 11.5 Å². The van der Waals surface area contributed by atoms with Crippen LogP contribution in [0, 0.1) is 0 Å². The molecule has 0 aliphatic rings. The maximum absolute atomic E-state index is 12.1. The van der Waals surface area contributed by atoms with E-state index in [1.165, 1.54) is 11.3 Å². The van der Waals surface area contributed by atoms with Crippen LogP contribution in [-0.4, -0.2) is 27.8 Å². The first-order chi connectivity index (χ1) is 10.6. The SMILES string of the molecule is CC(O)(CNC(=O)c1cc(-c2ccco2)[nH]n1)c1ccsc1. The topological polar surface area (TPSA) is 91.1 Å². The van der Waals surface area contributed by atoms with Gasteiger partial charge in [-0.3, -0.25) is 9.89 Å². The van der Waals surface area contributed by atoms with Crippen molar-refractivity contribution in [2.75, 3.05) is 6.54 Å². The van der Waals surface area contributed by atoms with E-state index in [4.69, 9.17) is 4.42 Å². The highest BCUT2D eigenvalue weighted by Crippen LogP contribution is 2.22. The van der Waals surface area contributed by atoms with Crippen LogP contribution in [-0.2, 0) is 5.60 Å². The maximum Gasteiger partial charge on any atom is 0.271 e. The van der Waals surface area contributed by atoms with E-state index >= 15 is 0 Å². The summed E-state index contributed by atoms with van der Waals surface area (Å²) in [5.74, 6) is 0.251. The van der Waals surface area contributed by atoms with Crippen molar-refractivity contribution in [2.45, 2.75) is 12.5 Å². The summed E-state index contributed by atoms with van der Waals surface area (Å²) < 4.78 is 5.23. The number of furan rings is 1. The van der Waals surface area contributed by atoms with Gasteiger partial charge in [0.25, 0.3) is 5.91 Å². The number of rotatable bonds is 5. The van der Waals surface area contributed by atoms with Crippen molar-refractivity contribution in [2.24, 2.45) is 0 Å². The number of carbonyl (C=O) groups excluding carboxylic acids is 1. The van der Waals surface area contributed by atoms with Gasteiger partial charge in [-0.1, -0.05) is 0 Å². The Hall–Kier alpha value is -2.38. The van der Waals surface area contributed by atoms with Crippen LogP contribution >= 0.6 is 11.3 Å². The fourth-order valence-corrected chi connectivity index (χ4v) is 2.79. The molecular weight excluding hydrogens is 302 g/mol. The lowest BCUT2D eigenvalue weighted by atomic mass is 9.99. The molecular formula is C15H15N3O3S. The first-order valence-corrected chi connectivity index (χ1v) is 7.63. The van der Waals surface area contributed by atoms with E-state index in [1.807, 2.05) is 16.8 Å². The van der Waals surface area contributed by atoms with Gasteiger partial charge >= 0.3 is 0 Å². The fraction of sp³-hybridized carbons (Fsp3) is 0.200. The number of hydrogen-bond donors (Lipinski definition) is 3. The third-order valence-corrected chi connectivity index (χ3v) is 4.02. The van der Waals surface area contributed by atoms with Crippen molar-refractivity contribution >= 4 is 17.2 Å². The van der Waals surface area contributed by atoms with E-state index in [0.717, 1.165) is 5.56 Å². The summed E-state index contributed by atoms with van der Waals surface area (Å²) in [5, 5.41) is 23.5. The third-order valence-electron chi connectivity index (χ3n) is 3.33. The summed E-state index contributed by atoms with van der Waals surface area (Å²) in [6, 6.07) is 6.97. The molecule has 0 spiro atoms. The second-order valence-electron chi connectivity index (χ2n) is 5.11. The molecule has 1 amide bonds. The summed E-state index contributed by atoms with van der Waals surface area (Å²) in [7, 11) is 0. The monoisotopic (exact) mass is 317 g/mol. The van der Waals surface area contributed by atoms with Crippen LogP contribution < -0.4 is 5.32 Å². The Kier molecular flexibility index (Phi) is 3.82. The van der Waals surface area contributed by atoms with Crippen LogP contribution in [0.15, 0.2) is 45.7 Å². The van der Waals surface area contributed by atoms with Gasteiger partial charge in [-0.25, -0.2) is 0 Å². The number of H-pyrrole nitrogens is 1. The smallest absolute Gasteiger partial charge is 0.271 e. The van der Waals surface area contributed by atoms with Crippen molar-refractivity contribution in [3.8, 4) is 11.5 Å². The number of aliphatic hydroxyl groups is 1. The molecule has 7 heteroatoms. The van der Waals surface area contributed by atoms with E-state index < -0.39 is 5.60 Å². The predicted octanol–water partition coefficient (Wildman–Crippen LogP) is 2.37. The Bertz CT molecular complexity index is 745. The van der Waals surface area contributed by atoms with Gasteiger partial charge in [0.2, 0.25) is 0 Å². The number of aromatic amines is 1. The van der Waals surface area contributed by atoms with Crippen LogP contribution in [0.2, 0.25) is 0 Å². The number of aromatic nitrogens is 2. The van der Waals surface area contributed by atoms with E-state index in [1.54, 1.807) is 31.4 Å². The lowest BCUT2D eigenvalue weighted by molar-refractivity contribution is 0.0528. The van der Waals surface area contributed by atoms with Crippen LogP contribution in [0.5, 0.6) is 0 Å². The number of nitrogens with zero attached hydrogens (tertiary/aromatic N) is 1. The summed E-state index contributed by atoms with van der Waals surface area (Å²) in [4.78, 5) is 12.1. The highest BCUT2D eigenvalue weighted by Gasteiger charge is 2.25. The molecule has 1 atom stereocenters. The van der Waals surface area contributed by atoms with Gasteiger partial charge in [0.05, 0.1) is 12.8 Å². The molecule has 3 N–H and O–H groups in total. The van der Waals surface area contributed by atoms with Crippen molar-refractivity contribution in [1.82, 2.24) is 15.5 Å². The molecule has 3 aromatic heterocycles. The van der Waals surface area contributed by atoms with E-state index in [0.29, 0.717) is 11.5 Å². The van der Waals surface area contributed by atoms with Crippen molar-refractivity contribution in [3.63, 3.8) is 0 Å². The zero-order chi connectivity index (χ0) is 15.6. The second-order valence-corrected chi connectivity index (χ2v) is 5.89. The van der Waals surface area contributed by atoms with Gasteiger partial charge in [-0.15, -0.1) is 0 Å². The second kappa shape index (κ2) is 5.78. The summed E-state index contributed by atoms with van der Waals surface area (Å²) in [6.07, 6.45) is 1.55. The predicted molar refractivity (Wildman–Crippen MR) is 82.5 cm³/mol. The van der Waals surface area contributed by atoms with Crippen LogP contribution in [0.4, 0.5) is 0 Å². The van der Waals surface area contributed by atoms with Crippen molar-refractivity contribution < 1.29 is 14.3 Å². The van der Waals surface area contributed by atoms with E-state index in [-0.39, 0.29) is 18.1 Å². The van der Waals surface area contributed by atoms with Gasteiger partial charge in [0.1, 0.15) is 11.3 Å². The Morgan fingerprint density at radius 2 is 2.41 bits per heavy atom. The quantitative estimate of drug-likeness (QED) is 0.674. The molecule has 0 aromatic carbocycles. The van der Waals surface area contributed by atoms with Gasteiger partial charge in [-0.05, 0) is 41.4 Å². The molecule has 3 heterocycles. The molecule has 0 aliphatic heterocycles. The maximum atomic E-state index is 12.1. The average molecular weight is 317 g/mol. The first-order valence-electron chi connectivity index (χ1n) is 6.69. The largest absolute Gasteiger partial charge is 0.463 e. The molecule has 0 aliphatic carbocycles. The highest BCUT2D eigenvalue weighted by atomic mass is 32.1. The molecule has 0 saturated heterocycles. The number of nitrogens with one attached hydrogen (secondary N) is 2. The van der Waals surface area contributed by atoms with Gasteiger partial charge in [-0.2, -0.15) is 16.4 Å². The molecule has 0 fully saturated rings. The van der Waals surface area contributed by atoms with Crippen molar-refractivity contribution in [1.29, 1.82) is 0 Å². The van der Waals surface area contributed by atoms with Gasteiger partial charge in [0, 0.05) is 6.07 Å². The number of carbonyl (C=O) groups is 1. The third kappa shape index (κ3) is 2.95. The number of thiophene rings is 1. The molecule has 22 heavy (non-hydrogen) atoms. The lowest BCUT2D eigenvalue weighted by Gasteiger charge is -2.22. The molecule has 1 unspecified atom stereocenters. The first kappa shape index (κ1) is 14.6. The molecule has 114 valence electrons. The van der Waals surface area contributed by atoms with E-state index in [2.05, 4.69) is 15.5 Å². The normalized spacial score (nSPS) is 13.7. The minimum atomic E-state index is -1.12. The Balaban J connectivity index is 1.65. The van der Waals surface area contributed by atoms with Crippen LogP contribution in [0.1, 0.15) is 23.0 Å². The summed E-state index contributed by atoms with van der Waals surface area (Å²) >= 11 is 1.50. The standard InChI is InChI=1S/C15H15N3O3S/c1-15(20,10-4-6-22-8-10)9-16-14(19)12-7-11(17-18-12)13-3-2-5-21-13/h2-8,20H,9H2,1H3,(H,16,19)(H,17,18). The lowest BCUT2D eigenvalue weighted by Crippen LogP contribution is -2.38. The van der Waals surface area contributed by atoms with Gasteiger partial charge < -0.3 is 14.8 Å². The molecule has 0 radical (unpaired) electrons.